The lowest BCUT2D eigenvalue weighted by atomic mass is 10.1. The van der Waals surface area contributed by atoms with E-state index in [1.807, 2.05) is 31.2 Å². The maximum Gasteiger partial charge on any atom is 0.233 e. The van der Waals surface area contributed by atoms with Crippen LogP contribution in [-0.2, 0) is 11.3 Å². The lowest BCUT2D eigenvalue weighted by Gasteiger charge is -2.28. The van der Waals surface area contributed by atoms with Gasteiger partial charge in [-0.15, -0.1) is 11.8 Å². The van der Waals surface area contributed by atoms with Crippen LogP contribution in [0.4, 0.5) is 5.69 Å². The fraction of sp³-hybridized carbons (Fsp3) is 0.409. The average molecular weight is 403 g/mol. The van der Waals surface area contributed by atoms with E-state index in [9.17, 15) is 4.79 Å². The third-order valence-electron chi connectivity index (χ3n) is 4.88. The van der Waals surface area contributed by atoms with E-state index in [-0.39, 0.29) is 11.2 Å². The Morgan fingerprint density at radius 2 is 1.74 bits per heavy atom. The third kappa shape index (κ3) is 5.91. The number of rotatable bonds is 7. The van der Waals surface area contributed by atoms with E-state index in [0.717, 1.165) is 30.0 Å². The highest BCUT2D eigenvalue weighted by Crippen LogP contribution is 2.27. The van der Waals surface area contributed by atoms with E-state index in [2.05, 4.69) is 34.5 Å². The summed E-state index contributed by atoms with van der Waals surface area (Å²) in [5, 5.41) is 3.70. The number of benzene rings is 2. The Hall–Kier alpha value is -1.65. The maximum atomic E-state index is 12.6. The second-order valence-corrected chi connectivity index (χ2v) is 8.61. The predicted molar refractivity (Wildman–Crippen MR) is 116 cm³/mol. The van der Waals surface area contributed by atoms with Crippen molar-refractivity contribution in [3.63, 3.8) is 0 Å². The van der Waals surface area contributed by atoms with Gasteiger partial charge < -0.3 is 10.2 Å². The number of hydrogen-bond donors (Lipinski definition) is 1. The van der Waals surface area contributed by atoms with Crippen molar-refractivity contribution in [2.45, 2.75) is 49.3 Å². The number of carbonyl (C=O) groups is 1. The molecule has 1 heterocycles. The standard InChI is InChI=1S/C22H27ClN2OS/c1-2-21(27-20-12-8-18(23)9-13-20)22(26)24-16-17-6-10-19(11-7-17)25-14-4-3-5-15-25/h6-13,21H,2-5,14-16H2,1H3,(H,24,26)/t21-/m1/s1. The summed E-state index contributed by atoms with van der Waals surface area (Å²) in [6.45, 7) is 4.91. The molecule has 1 aliphatic rings. The number of nitrogens with zero attached hydrogens (tertiary/aromatic N) is 1. The molecule has 0 spiro atoms. The number of anilines is 1. The zero-order valence-corrected chi connectivity index (χ0v) is 17.4. The van der Waals surface area contributed by atoms with Crippen LogP contribution in [0.1, 0.15) is 38.2 Å². The molecule has 0 saturated carbocycles. The highest BCUT2D eigenvalue weighted by Gasteiger charge is 2.17. The van der Waals surface area contributed by atoms with Crippen molar-refractivity contribution in [3.8, 4) is 0 Å². The van der Waals surface area contributed by atoms with Crippen LogP contribution in [0.25, 0.3) is 0 Å². The van der Waals surface area contributed by atoms with Crippen LogP contribution in [0.15, 0.2) is 53.4 Å². The van der Waals surface area contributed by atoms with Crippen LogP contribution < -0.4 is 10.2 Å². The number of thioether (sulfide) groups is 1. The molecule has 2 aromatic rings. The van der Waals surface area contributed by atoms with Gasteiger partial charge in [0, 0.05) is 35.2 Å². The minimum Gasteiger partial charge on any atom is -0.372 e. The van der Waals surface area contributed by atoms with Gasteiger partial charge in [-0.25, -0.2) is 0 Å². The molecule has 1 amide bonds. The first-order valence-corrected chi connectivity index (χ1v) is 11.0. The van der Waals surface area contributed by atoms with Crippen LogP contribution in [0.2, 0.25) is 5.02 Å². The number of nitrogens with one attached hydrogen (secondary N) is 1. The minimum atomic E-state index is -0.0983. The number of amides is 1. The summed E-state index contributed by atoms with van der Waals surface area (Å²) < 4.78 is 0. The first-order valence-electron chi connectivity index (χ1n) is 9.69. The monoisotopic (exact) mass is 402 g/mol. The lowest BCUT2D eigenvalue weighted by Crippen LogP contribution is -2.32. The fourth-order valence-corrected chi connectivity index (χ4v) is 4.38. The van der Waals surface area contributed by atoms with Gasteiger partial charge in [0.05, 0.1) is 5.25 Å². The van der Waals surface area contributed by atoms with E-state index in [1.165, 1.54) is 24.9 Å². The van der Waals surface area contributed by atoms with Gasteiger partial charge in [0.2, 0.25) is 5.91 Å². The van der Waals surface area contributed by atoms with Gasteiger partial charge in [-0.05, 0) is 67.6 Å². The van der Waals surface area contributed by atoms with E-state index in [1.54, 1.807) is 11.8 Å². The topological polar surface area (TPSA) is 32.3 Å². The summed E-state index contributed by atoms with van der Waals surface area (Å²) >= 11 is 7.52. The quantitative estimate of drug-likeness (QED) is 0.619. The molecule has 0 aliphatic carbocycles. The summed E-state index contributed by atoms with van der Waals surface area (Å²) in [5.74, 6) is 0.0811. The number of piperidine rings is 1. The molecule has 3 nitrogen and oxygen atoms in total. The zero-order valence-electron chi connectivity index (χ0n) is 15.8. The second-order valence-electron chi connectivity index (χ2n) is 6.90. The zero-order chi connectivity index (χ0) is 19.1. The molecule has 0 aromatic heterocycles. The van der Waals surface area contributed by atoms with Crippen LogP contribution >= 0.6 is 23.4 Å². The van der Waals surface area contributed by atoms with Crippen molar-refractivity contribution in [3.05, 3.63) is 59.1 Å². The first-order chi connectivity index (χ1) is 13.2. The molecule has 3 rings (SSSR count). The largest absolute Gasteiger partial charge is 0.372 e. The van der Waals surface area contributed by atoms with Gasteiger partial charge >= 0.3 is 0 Å². The smallest absolute Gasteiger partial charge is 0.233 e. The molecule has 1 atom stereocenters. The number of hydrogen-bond acceptors (Lipinski definition) is 3. The van der Waals surface area contributed by atoms with E-state index in [4.69, 9.17) is 11.6 Å². The van der Waals surface area contributed by atoms with E-state index >= 15 is 0 Å². The van der Waals surface area contributed by atoms with Crippen LogP contribution in [0, 0.1) is 0 Å². The van der Waals surface area contributed by atoms with Crippen LogP contribution in [-0.4, -0.2) is 24.2 Å². The molecule has 5 heteroatoms. The molecule has 144 valence electrons. The summed E-state index contributed by atoms with van der Waals surface area (Å²) in [4.78, 5) is 16.1. The Balaban J connectivity index is 1.51. The van der Waals surface area contributed by atoms with E-state index in [0.29, 0.717) is 11.6 Å². The Labute approximate surface area is 171 Å². The van der Waals surface area contributed by atoms with Gasteiger partial charge in [-0.2, -0.15) is 0 Å². The SMILES string of the molecule is CC[C@@H](Sc1ccc(Cl)cc1)C(=O)NCc1ccc(N2CCCCC2)cc1. The Morgan fingerprint density at radius 1 is 1.07 bits per heavy atom. The molecule has 0 bridgehead atoms. The molecule has 2 aromatic carbocycles. The fourth-order valence-electron chi connectivity index (χ4n) is 3.28. The Kier molecular flexibility index (Phi) is 7.48. The summed E-state index contributed by atoms with van der Waals surface area (Å²) in [6, 6.07) is 16.2. The Morgan fingerprint density at radius 3 is 2.37 bits per heavy atom. The second kappa shape index (κ2) is 10.0. The van der Waals surface area contributed by atoms with Gasteiger partial charge in [0.25, 0.3) is 0 Å². The normalized spacial score (nSPS) is 15.4. The van der Waals surface area contributed by atoms with Crippen molar-refractivity contribution in [1.29, 1.82) is 0 Å². The number of carbonyl (C=O) groups excluding carboxylic acids is 1. The van der Waals surface area contributed by atoms with Gasteiger partial charge in [-0.3, -0.25) is 4.79 Å². The Bertz CT molecular complexity index is 727. The van der Waals surface area contributed by atoms with Crippen molar-refractivity contribution in [2.75, 3.05) is 18.0 Å². The number of halogens is 1. The third-order valence-corrected chi connectivity index (χ3v) is 6.51. The van der Waals surface area contributed by atoms with Gasteiger partial charge in [0.1, 0.15) is 0 Å². The lowest BCUT2D eigenvalue weighted by molar-refractivity contribution is -0.120. The van der Waals surface area contributed by atoms with Crippen LogP contribution in [0.3, 0.4) is 0 Å². The molecule has 0 radical (unpaired) electrons. The highest BCUT2D eigenvalue weighted by molar-refractivity contribution is 8.00. The van der Waals surface area contributed by atoms with Crippen molar-refractivity contribution < 1.29 is 4.79 Å². The molecule has 27 heavy (non-hydrogen) atoms. The summed E-state index contributed by atoms with van der Waals surface area (Å²) in [5.41, 5.74) is 2.42. The summed E-state index contributed by atoms with van der Waals surface area (Å²) in [6.07, 6.45) is 4.68. The van der Waals surface area contributed by atoms with Gasteiger partial charge in [0.15, 0.2) is 0 Å². The molecule has 1 fully saturated rings. The molecule has 1 saturated heterocycles. The average Bonchev–Trinajstić information content (AvgIpc) is 2.72. The van der Waals surface area contributed by atoms with Crippen LogP contribution in [0.5, 0.6) is 0 Å². The molecular formula is C22H27ClN2OS. The van der Waals surface area contributed by atoms with Crippen molar-refractivity contribution in [1.82, 2.24) is 5.32 Å². The van der Waals surface area contributed by atoms with Crippen molar-refractivity contribution in [2.24, 2.45) is 0 Å². The highest BCUT2D eigenvalue weighted by atomic mass is 35.5. The molecule has 0 unspecified atom stereocenters. The predicted octanol–water partition coefficient (Wildman–Crippen LogP) is 5.52. The maximum absolute atomic E-state index is 12.6. The van der Waals surface area contributed by atoms with Crippen molar-refractivity contribution >= 4 is 35.0 Å². The van der Waals surface area contributed by atoms with Gasteiger partial charge in [-0.1, -0.05) is 30.7 Å². The first kappa shape index (κ1) is 20.1. The van der Waals surface area contributed by atoms with E-state index < -0.39 is 0 Å². The minimum absolute atomic E-state index is 0.0811. The molecule has 1 aliphatic heterocycles. The molecular weight excluding hydrogens is 376 g/mol. The molecule has 1 N–H and O–H groups in total. The summed E-state index contributed by atoms with van der Waals surface area (Å²) in [7, 11) is 0.